The Morgan fingerprint density at radius 3 is 2.16 bits per heavy atom. The second-order valence-electron chi connectivity index (χ2n) is 11.3. The summed E-state index contributed by atoms with van der Waals surface area (Å²) in [4.78, 5) is 41.9. The molecule has 0 saturated carbocycles. The minimum atomic E-state index is -0.955. The first-order valence-electron chi connectivity index (χ1n) is 13.4. The van der Waals surface area contributed by atoms with E-state index in [2.05, 4.69) is 37.3 Å². The molecule has 7 nitrogen and oxygen atoms in total. The zero-order valence-corrected chi connectivity index (χ0v) is 24.2. The molecule has 3 amide bonds. The summed E-state index contributed by atoms with van der Waals surface area (Å²) in [6, 6.07) is 4.96. The van der Waals surface area contributed by atoms with Crippen molar-refractivity contribution in [1.29, 1.82) is 0 Å². The maximum absolute atomic E-state index is 14.0. The predicted molar refractivity (Wildman–Crippen MR) is 149 cm³/mol. The van der Waals surface area contributed by atoms with Crippen LogP contribution in [0.15, 0.2) is 24.3 Å². The van der Waals surface area contributed by atoms with E-state index in [1.807, 2.05) is 26.0 Å². The number of terminal acetylenes is 1. The number of ether oxygens (including phenoxy) is 1. The third kappa shape index (κ3) is 10.5. The Labute approximate surface area is 224 Å². The van der Waals surface area contributed by atoms with E-state index in [1.165, 1.54) is 0 Å². The summed E-state index contributed by atoms with van der Waals surface area (Å²) in [5.41, 5.74) is 0.425. The van der Waals surface area contributed by atoms with Gasteiger partial charge in [0.15, 0.2) is 0 Å². The first kappa shape index (κ1) is 32.0. The third-order valence-corrected chi connectivity index (χ3v) is 6.04. The average molecular weight is 514 g/mol. The van der Waals surface area contributed by atoms with Crippen LogP contribution in [0.4, 0.5) is 4.79 Å². The van der Waals surface area contributed by atoms with Crippen LogP contribution in [-0.2, 0) is 14.3 Å². The van der Waals surface area contributed by atoms with Gasteiger partial charge in [0, 0.05) is 17.6 Å². The molecule has 206 valence electrons. The molecule has 0 spiro atoms. The Morgan fingerprint density at radius 2 is 1.62 bits per heavy atom. The van der Waals surface area contributed by atoms with Gasteiger partial charge in [0.2, 0.25) is 11.8 Å². The molecule has 0 aliphatic heterocycles. The van der Waals surface area contributed by atoms with Gasteiger partial charge in [-0.2, -0.15) is 0 Å². The van der Waals surface area contributed by atoms with E-state index < -0.39 is 23.8 Å². The van der Waals surface area contributed by atoms with Gasteiger partial charge in [-0.15, -0.1) is 6.42 Å². The number of benzene rings is 1. The largest absolute Gasteiger partial charge is 0.444 e. The van der Waals surface area contributed by atoms with E-state index in [0.29, 0.717) is 23.5 Å². The van der Waals surface area contributed by atoms with Gasteiger partial charge in [0.1, 0.15) is 17.7 Å². The number of amides is 3. The van der Waals surface area contributed by atoms with Gasteiger partial charge in [-0.3, -0.25) is 9.59 Å². The zero-order valence-electron chi connectivity index (χ0n) is 24.2. The molecule has 1 rings (SSSR count). The number of hydrogen-bond donors (Lipinski definition) is 2. The van der Waals surface area contributed by atoms with Crippen LogP contribution in [0.25, 0.3) is 0 Å². The van der Waals surface area contributed by atoms with E-state index in [-0.39, 0.29) is 23.9 Å². The molecule has 0 radical (unpaired) electrons. The van der Waals surface area contributed by atoms with Crippen molar-refractivity contribution < 1.29 is 19.1 Å². The first-order valence-corrected chi connectivity index (χ1v) is 13.4. The van der Waals surface area contributed by atoms with E-state index >= 15 is 0 Å². The summed E-state index contributed by atoms with van der Waals surface area (Å²) in [6.45, 7) is 17.1. The molecule has 1 aromatic carbocycles. The minimum Gasteiger partial charge on any atom is -0.444 e. The fraction of sp³-hybridized carbons (Fsp3) is 0.633. The average Bonchev–Trinajstić information content (AvgIpc) is 2.79. The lowest BCUT2D eigenvalue weighted by atomic mass is 9.94. The Bertz CT molecular complexity index is 945. The monoisotopic (exact) mass is 513 g/mol. The third-order valence-electron chi connectivity index (χ3n) is 6.04. The smallest absolute Gasteiger partial charge is 0.408 e. The van der Waals surface area contributed by atoms with E-state index in [9.17, 15) is 14.4 Å². The SMILES string of the molecule is C#Cc1ccccc1C(C(=O)NC(C)CCC)N(C(=O)C(C)NC(=O)OC(C)(C)C)C(C)CCC(C)C. The van der Waals surface area contributed by atoms with Crippen molar-refractivity contribution in [3.05, 3.63) is 35.4 Å². The molecule has 4 atom stereocenters. The summed E-state index contributed by atoms with van der Waals surface area (Å²) >= 11 is 0. The Morgan fingerprint density at radius 1 is 1.00 bits per heavy atom. The number of nitrogens with zero attached hydrogens (tertiary/aromatic N) is 1. The van der Waals surface area contributed by atoms with Crippen molar-refractivity contribution in [2.24, 2.45) is 5.92 Å². The molecule has 0 aliphatic rings. The van der Waals surface area contributed by atoms with Crippen LogP contribution in [0.5, 0.6) is 0 Å². The summed E-state index contributed by atoms with van der Waals surface area (Å²) in [7, 11) is 0. The van der Waals surface area contributed by atoms with Gasteiger partial charge >= 0.3 is 6.09 Å². The minimum absolute atomic E-state index is 0.0711. The van der Waals surface area contributed by atoms with Crippen LogP contribution in [0.3, 0.4) is 0 Å². The number of rotatable bonds is 12. The second kappa shape index (κ2) is 14.7. The van der Waals surface area contributed by atoms with E-state index in [4.69, 9.17) is 11.2 Å². The topological polar surface area (TPSA) is 87.7 Å². The molecule has 7 heteroatoms. The zero-order chi connectivity index (χ0) is 28.3. The molecule has 37 heavy (non-hydrogen) atoms. The normalized spacial score (nSPS) is 14.6. The molecule has 0 aromatic heterocycles. The summed E-state index contributed by atoms with van der Waals surface area (Å²) in [5, 5.41) is 5.73. The molecule has 0 aliphatic carbocycles. The van der Waals surface area contributed by atoms with Crippen LogP contribution in [-0.4, -0.2) is 46.5 Å². The molecule has 0 heterocycles. The molecule has 0 bridgehead atoms. The van der Waals surface area contributed by atoms with Gasteiger partial charge < -0.3 is 20.3 Å². The van der Waals surface area contributed by atoms with Gasteiger partial charge in [-0.05, 0) is 78.4 Å². The van der Waals surface area contributed by atoms with Gasteiger partial charge in [0.05, 0.1) is 0 Å². The molecule has 2 N–H and O–H groups in total. The van der Waals surface area contributed by atoms with Crippen molar-refractivity contribution in [3.8, 4) is 12.3 Å². The van der Waals surface area contributed by atoms with Gasteiger partial charge in [-0.25, -0.2) is 4.79 Å². The Balaban J connectivity index is 3.55. The number of alkyl carbamates (subject to hydrolysis) is 1. The highest BCUT2D eigenvalue weighted by Gasteiger charge is 2.38. The van der Waals surface area contributed by atoms with Crippen molar-refractivity contribution >= 4 is 17.9 Å². The Kier molecular flexibility index (Phi) is 12.7. The van der Waals surface area contributed by atoms with Crippen LogP contribution < -0.4 is 10.6 Å². The highest BCUT2D eigenvalue weighted by Crippen LogP contribution is 2.29. The quantitative estimate of drug-likeness (QED) is 0.357. The number of carbonyl (C=O) groups excluding carboxylic acids is 3. The number of hydrogen-bond acceptors (Lipinski definition) is 4. The molecule has 0 fully saturated rings. The van der Waals surface area contributed by atoms with Crippen molar-refractivity contribution in [2.45, 2.75) is 118 Å². The number of carbonyl (C=O) groups is 3. The van der Waals surface area contributed by atoms with E-state index in [0.717, 1.165) is 19.3 Å². The van der Waals surface area contributed by atoms with Crippen molar-refractivity contribution in [3.63, 3.8) is 0 Å². The standard InChI is InChI=1S/C30H47N3O4/c1-11-15-21(5)31-27(34)26(25-17-14-13-16-24(25)12-2)33(22(6)19-18-20(3)4)28(35)23(7)32-29(36)37-30(8,9)10/h2,13-14,16-17,20-23,26H,11,15,18-19H2,1,3-10H3,(H,31,34)(H,32,36). The molecule has 1 aromatic rings. The summed E-state index contributed by atoms with van der Waals surface area (Å²) in [5.74, 6) is 2.42. The van der Waals surface area contributed by atoms with Crippen molar-refractivity contribution in [2.75, 3.05) is 0 Å². The molecular formula is C30H47N3O4. The lowest BCUT2D eigenvalue weighted by molar-refractivity contribution is -0.145. The summed E-state index contributed by atoms with van der Waals surface area (Å²) in [6.07, 6.45) is 8.41. The summed E-state index contributed by atoms with van der Waals surface area (Å²) < 4.78 is 5.36. The maximum atomic E-state index is 14.0. The fourth-order valence-electron chi connectivity index (χ4n) is 4.19. The van der Waals surface area contributed by atoms with Crippen LogP contribution in [0.2, 0.25) is 0 Å². The van der Waals surface area contributed by atoms with Crippen molar-refractivity contribution in [1.82, 2.24) is 15.5 Å². The second-order valence-corrected chi connectivity index (χ2v) is 11.3. The molecular weight excluding hydrogens is 466 g/mol. The highest BCUT2D eigenvalue weighted by atomic mass is 16.6. The first-order chi connectivity index (χ1) is 17.2. The highest BCUT2D eigenvalue weighted by molar-refractivity contribution is 5.92. The Hall–Kier alpha value is -3.01. The van der Waals surface area contributed by atoms with Gasteiger partial charge in [0.25, 0.3) is 0 Å². The fourth-order valence-corrected chi connectivity index (χ4v) is 4.19. The van der Waals surface area contributed by atoms with E-state index in [1.54, 1.807) is 44.7 Å². The van der Waals surface area contributed by atoms with Crippen LogP contribution >= 0.6 is 0 Å². The molecule has 0 saturated heterocycles. The maximum Gasteiger partial charge on any atom is 0.408 e. The van der Waals surface area contributed by atoms with Gasteiger partial charge in [-0.1, -0.05) is 51.3 Å². The lowest BCUT2D eigenvalue weighted by Crippen LogP contribution is -2.55. The van der Waals surface area contributed by atoms with Crippen LogP contribution in [0.1, 0.15) is 105 Å². The molecule has 4 unspecified atom stereocenters. The lowest BCUT2D eigenvalue weighted by Gasteiger charge is -2.39. The number of nitrogens with one attached hydrogen (secondary N) is 2. The predicted octanol–water partition coefficient (Wildman–Crippen LogP) is 5.58. The van der Waals surface area contributed by atoms with Crippen LogP contribution in [0, 0.1) is 18.3 Å².